The third kappa shape index (κ3) is 3.52. The van der Waals surface area contributed by atoms with Crippen molar-refractivity contribution in [3.05, 3.63) is 0 Å². The minimum absolute atomic E-state index is 0.112. The fraction of sp³-hybridized carbons (Fsp3) is 0.929. The highest BCUT2D eigenvalue weighted by atomic mass is 32.2. The summed E-state index contributed by atoms with van der Waals surface area (Å²) in [6.45, 7) is 3.63. The van der Waals surface area contributed by atoms with Gasteiger partial charge in [-0.3, -0.25) is 4.79 Å². The van der Waals surface area contributed by atoms with Crippen molar-refractivity contribution < 1.29 is 13.2 Å². The maximum absolute atomic E-state index is 12.3. The molecule has 1 amide bonds. The van der Waals surface area contributed by atoms with Crippen molar-refractivity contribution >= 4 is 15.7 Å². The van der Waals surface area contributed by atoms with Crippen LogP contribution < -0.4 is 0 Å². The molecule has 2 aliphatic rings. The van der Waals surface area contributed by atoms with Crippen molar-refractivity contribution in [2.75, 3.05) is 31.6 Å². The molecule has 20 heavy (non-hydrogen) atoms. The van der Waals surface area contributed by atoms with Crippen LogP contribution in [-0.4, -0.2) is 67.9 Å². The van der Waals surface area contributed by atoms with E-state index in [-0.39, 0.29) is 23.5 Å². The van der Waals surface area contributed by atoms with Crippen LogP contribution in [0.1, 0.15) is 39.0 Å². The number of sulfone groups is 1. The molecular formula is C14H26N2O3S. The molecule has 0 spiro atoms. The molecule has 0 saturated carbocycles. The molecule has 2 fully saturated rings. The van der Waals surface area contributed by atoms with Crippen LogP contribution in [0.15, 0.2) is 0 Å². The molecule has 0 aromatic rings. The molecule has 2 heterocycles. The number of nitrogens with zero attached hydrogens (tertiary/aromatic N) is 2. The third-order valence-electron chi connectivity index (χ3n) is 4.50. The summed E-state index contributed by atoms with van der Waals surface area (Å²) in [5.41, 5.74) is 0. The Kier molecular flexibility index (Phi) is 5.07. The van der Waals surface area contributed by atoms with Crippen molar-refractivity contribution in [1.29, 1.82) is 0 Å². The molecule has 0 radical (unpaired) electrons. The monoisotopic (exact) mass is 302 g/mol. The average molecular weight is 302 g/mol. The number of carbonyl (C=O) groups is 1. The van der Waals surface area contributed by atoms with E-state index in [0.717, 1.165) is 32.4 Å². The molecule has 0 aliphatic carbocycles. The van der Waals surface area contributed by atoms with E-state index in [2.05, 4.69) is 11.9 Å². The molecule has 2 atom stereocenters. The Labute approximate surface area is 122 Å². The summed E-state index contributed by atoms with van der Waals surface area (Å²) in [5, 5.41) is 0. The molecule has 0 unspecified atom stereocenters. The highest BCUT2D eigenvalue weighted by Crippen LogP contribution is 2.29. The quantitative estimate of drug-likeness (QED) is 0.757. The van der Waals surface area contributed by atoms with Crippen LogP contribution in [0.3, 0.4) is 0 Å². The molecule has 0 aromatic heterocycles. The Hall–Kier alpha value is -0.620. The maximum Gasteiger partial charge on any atom is 0.238 e. The molecule has 2 rings (SSSR count). The summed E-state index contributed by atoms with van der Waals surface area (Å²) < 4.78 is 23.7. The lowest BCUT2D eigenvalue weighted by Crippen LogP contribution is -2.48. The van der Waals surface area contributed by atoms with Crippen molar-refractivity contribution in [3.8, 4) is 0 Å². The molecular weight excluding hydrogens is 276 g/mol. The van der Waals surface area contributed by atoms with Crippen LogP contribution in [0.5, 0.6) is 0 Å². The molecule has 6 heteroatoms. The highest BCUT2D eigenvalue weighted by molar-refractivity contribution is 7.92. The predicted octanol–water partition coefficient (Wildman–Crippen LogP) is 0.896. The normalized spacial score (nSPS) is 28.2. The Morgan fingerprint density at radius 3 is 2.40 bits per heavy atom. The highest BCUT2D eigenvalue weighted by Gasteiger charge is 2.39. The lowest BCUT2D eigenvalue weighted by Gasteiger charge is -2.33. The number of likely N-dealkylation sites (N-methyl/N-ethyl adjacent to an activating group) is 1. The van der Waals surface area contributed by atoms with Gasteiger partial charge >= 0.3 is 0 Å². The van der Waals surface area contributed by atoms with Crippen molar-refractivity contribution in [3.63, 3.8) is 0 Å². The van der Waals surface area contributed by atoms with Gasteiger partial charge in [-0.2, -0.15) is 0 Å². The standard InChI is InChI=1S/C14H26N2O3S/c1-3-10-20(18,19)11-14(17)16-9-5-7-13(16)12-6-4-8-15(12)2/h12-13H,3-11H2,1-2H3/t12-,13-/m0/s1. The van der Waals surface area contributed by atoms with Gasteiger partial charge < -0.3 is 9.80 Å². The van der Waals surface area contributed by atoms with Gasteiger partial charge in [0.1, 0.15) is 5.75 Å². The first-order valence-corrected chi connectivity index (χ1v) is 9.47. The van der Waals surface area contributed by atoms with Gasteiger partial charge in [-0.15, -0.1) is 0 Å². The first-order chi connectivity index (χ1) is 9.44. The lowest BCUT2D eigenvalue weighted by atomic mass is 10.0. The third-order valence-corrected chi connectivity index (χ3v) is 6.22. The number of hydrogen-bond donors (Lipinski definition) is 0. The first kappa shape index (κ1) is 15.8. The van der Waals surface area contributed by atoms with E-state index < -0.39 is 9.84 Å². The summed E-state index contributed by atoms with van der Waals surface area (Å²) in [5.74, 6) is -0.393. The van der Waals surface area contributed by atoms with Crippen LogP contribution in [0, 0.1) is 0 Å². The van der Waals surface area contributed by atoms with E-state index in [1.807, 2.05) is 11.8 Å². The Bertz CT molecular complexity index is 449. The van der Waals surface area contributed by atoms with Gasteiger partial charge in [0, 0.05) is 18.6 Å². The van der Waals surface area contributed by atoms with Crippen LogP contribution in [0.25, 0.3) is 0 Å². The molecule has 2 aliphatic heterocycles. The van der Waals surface area contributed by atoms with E-state index in [9.17, 15) is 13.2 Å². The zero-order valence-corrected chi connectivity index (χ0v) is 13.4. The average Bonchev–Trinajstić information content (AvgIpc) is 2.95. The van der Waals surface area contributed by atoms with Crippen LogP contribution in [0.4, 0.5) is 0 Å². The smallest absolute Gasteiger partial charge is 0.238 e. The zero-order valence-electron chi connectivity index (χ0n) is 12.5. The Morgan fingerprint density at radius 1 is 1.15 bits per heavy atom. The fourth-order valence-corrected chi connectivity index (χ4v) is 4.89. The summed E-state index contributed by atoms with van der Waals surface area (Å²) in [4.78, 5) is 16.5. The molecule has 0 aromatic carbocycles. The number of hydrogen-bond acceptors (Lipinski definition) is 4. The lowest BCUT2D eigenvalue weighted by molar-refractivity contribution is -0.130. The van der Waals surface area contributed by atoms with Crippen molar-refractivity contribution in [2.45, 2.75) is 51.1 Å². The van der Waals surface area contributed by atoms with Gasteiger partial charge in [-0.1, -0.05) is 6.92 Å². The topological polar surface area (TPSA) is 57.7 Å². The second-order valence-electron chi connectivity index (χ2n) is 6.08. The number of amides is 1. The number of likely N-dealkylation sites (tertiary alicyclic amines) is 2. The Balaban J connectivity index is 2.01. The van der Waals surface area contributed by atoms with Gasteiger partial charge in [0.15, 0.2) is 9.84 Å². The van der Waals surface area contributed by atoms with Gasteiger partial charge in [0.25, 0.3) is 0 Å². The van der Waals surface area contributed by atoms with Crippen LogP contribution >= 0.6 is 0 Å². The fourth-order valence-electron chi connectivity index (χ4n) is 3.58. The summed E-state index contributed by atoms with van der Waals surface area (Å²) in [7, 11) is -1.13. The summed E-state index contributed by atoms with van der Waals surface area (Å²) in [6.07, 6.45) is 4.87. The largest absolute Gasteiger partial charge is 0.337 e. The van der Waals surface area contributed by atoms with Crippen LogP contribution in [0.2, 0.25) is 0 Å². The minimum Gasteiger partial charge on any atom is -0.337 e. The van der Waals surface area contributed by atoms with E-state index in [1.165, 1.54) is 6.42 Å². The van der Waals surface area contributed by atoms with E-state index in [1.54, 1.807) is 0 Å². The summed E-state index contributed by atoms with van der Waals surface area (Å²) >= 11 is 0. The molecule has 116 valence electrons. The van der Waals surface area contributed by atoms with E-state index in [0.29, 0.717) is 12.5 Å². The molecule has 5 nitrogen and oxygen atoms in total. The van der Waals surface area contributed by atoms with Gasteiger partial charge in [-0.25, -0.2) is 8.42 Å². The molecule has 0 N–H and O–H groups in total. The Morgan fingerprint density at radius 2 is 1.80 bits per heavy atom. The van der Waals surface area contributed by atoms with Gasteiger partial charge in [0.2, 0.25) is 5.91 Å². The minimum atomic E-state index is -3.23. The summed E-state index contributed by atoms with van der Waals surface area (Å²) in [6, 6.07) is 0.627. The van der Waals surface area contributed by atoms with E-state index >= 15 is 0 Å². The number of rotatable bonds is 5. The predicted molar refractivity (Wildman–Crippen MR) is 79.3 cm³/mol. The molecule has 2 saturated heterocycles. The number of carbonyl (C=O) groups excluding carboxylic acids is 1. The van der Waals surface area contributed by atoms with Crippen molar-refractivity contribution in [2.24, 2.45) is 0 Å². The maximum atomic E-state index is 12.3. The second-order valence-corrected chi connectivity index (χ2v) is 8.26. The molecule has 0 bridgehead atoms. The van der Waals surface area contributed by atoms with Gasteiger partial charge in [-0.05, 0) is 45.7 Å². The SMILES string of the molecule is CCCS(=O)(=O)CC(=O)N1CCC[C@H]1[C@@H]1CCCN1C. The second kappa shape index (κ2) is 6.43. The zero-order chi connectivity index (χ0) is 14.8. The van der Waals surface area contributed by atoms with Crippen LogP contribution in [-0.2, 0) is 14.6 Å². The van der Waals surface area contributed by atoms with E-state index in [4.69, 9.17) is 0 Å². The first-order valence-electron chi connectivity index (χ1n) is 7.64. The van der Waals surface area contributed by atoms with Crippen molar-refractivity contribution in [1.82, 2.24) is 9.80 Å². The van der Waals surface area contributed by atoms with Gasteiger partial charge in [0.05, 0.1) is 5.75 Å².